The van der Waals surface area contributed by atoms with Gasteiger partial charge in [0.2, 0.25) is 0 Å². The maximum absolute atomic E-state index is 12.6. The number of aliphatic carboxylic acids is 1. The zero-order chi connectivity index (χ0) is 35.9. The Labute approximate surface area is 286 Å². The van der Waals surface area contributed by atoms with Gasteiger partial charge in [-0.05, 0) is 93.6 Å². The van der Waals surface area contributed by atoms with Gasteiger partial charge in [-0.3, -0.25) is 0 Å². The van der Waals surface area contributed by atoms with Gasteiger partial charge in [-0.1, -0.05) is 84.4 Å². The molecule has 1 N–H and O–H groups in total. The Morgan fingerprint density at radius 2 is 0.920 bits per heavy atom. The number of benzene rings is 5. The van der Waals surface area contributed by atoms with Gasteiger partial charge in [-0.25, -0.2) is 4.79 Å². The normalized spacial score (nSPS) is 12.1. The number of ether oxygens (including phenoxy) is 4. The van der Waals surface area contributed by atoms with Gasteiger partial charge >= 0.3 is 18.7 Å². The van der Waals surface area contributed by atoms with Gasteiger partial charge in [0, 0.05) is 0 Å². The summed E-state index contributed by atoms with van der Waals surface area (Å²) in [6, 6.07) is 31.9. The summed E-state index contributed by atoms with van der Waals surface area (Å²) in [6.45, 7) is 0.119. The molecule has 0 saturated carbocycles. The molecule has 0 heterocycles. The first kappa shape index (κ1) is 35.7. The Bertz CT molecular complexity index is 1800. The third kappa shape index (κ3) is 10.2. The van der Waals surface area contributed by atoms with Crippen molar-refractivity contribution in [3.63, 3.8) is 0 Å². The van der Waals surface area contributed by atoms with Gasteiger partial charge in [0.1, 0.15) is 29.6 Å². The van der Waals surface area contributed by atoms with Gasteiger partial charge in [0.15, 0.2) is 0 Å². The largest absolute Gasteiger partial charge is 0.573 e. The predicted molar refractivity (Wildman–Crippen MR) is 174 cm³/mol. The first-order chi connectivity index (χ1) is 23.7. The molecule has 6 nitrogen and oxygen atoms in total. The van der Waals surface area contributed by atoms with Gasteiger partial charge < -0.3 is 24.1 Å². The summed E-state index contributed by atoms with van der Waals surface area (Å²) < 4.78 is 94.3. The molecule has 0 fully saturated rings. The molecule has 0 aliphatic heterocycles. The van der Waals surface area contributed by atoms with Crippen molar-refractivity contribution < 1.29 is 55.2 Å². The highest BCUT2D eigenvalue weighted by Crippen LogP contribution is 2.32. The van der Waals surface area contributed by atoms with Crippen LogP contribution in [0.2, 0.25) is 0 Å². The topological polar surface area (TPSA) is 74.2 Å². The average molecular weight is 715 g/mol. The summed E-state index contributed by atoms with van der Waals surface area (Å²) >= 11 is 5.62. The Kier molecular flexibility index (Phi) is 10.9. The second-order valence-corrected chi connectivity index (χ2v) is 10.9. The Morgan fingerprint density at radius 3 is 1.28 bits per heavy atom. The monoisotopic (exact) mass is 714 g/mol. The zero-order valence-corrected chi connectivity index (χ0v) is 26.3. The third-order valence-corrected chi connectivity index (χ3v) is 7.30. The minimum Gasteiger partial charge on any atom is -0.490 e. The fraction of sp³-hybridized carbons (Fsp3) is 0.108. The Balaban J connectivity index is 1.37. The Morgan fingerprint density at radius 1 is 0.580 bits per heavy atom. The van der Waals surface area contributed by atoms with Crippen LogP contribution in [0.25, 0.3) is 27.8 Å². The van der Waals surface area contributed by atoms with E-state index in [0.29, 0.717) is 16.9 Å². The fourth-order valence-corrected chi connectivity index (χ4v) is 4.89. The number of alkyl halides is 7. The number of carboxylic acid groups (broad SMARTS) is 1. The van der Waals surface area contributed by atoms with E-state index in [4.69, 9.17) is 26.2 Å². The van der Waals surface area contributed by atoms with E-state index in [1.54, 1.807) is 12.1 Å². The van der Waals surface area contributed by atoms with Crippen LogP contribution in [-0.2, 0) is 4.79 Å². The van der Waals surface area contributed by atoms with Gasteiger partial charge in [-0.2, -0.15) is 0 Å². The molecular formula is C37H25ClF6O6. The number of halogens is 7. The van der Waals surface area contributed by atoms with Gasteiger partial charge in [0.25, 0.3) is 5.56 Å². The smallest absolute Gasteiger partial charge is 0.490 e. The van der Waals surface area contributed by atoms with Crippen molar-refractivity contribution in [1.29, 1.82) is 0 Å². The van der Waals surface area contributed by atoms with Crippen molar-refractivity contribution in [2.45, 2.75) is 18.3 Å². The third-order valence-electron chi connectivity index (χ3n) is 7.03. The minimum absolute atomic E-state index is 0.119. The lowest BCUT2D eigenvalue weighted by Crippen LogP contribution is -2.20. The number of hydrogen-bond acceptors (Lipinski definition) is 5. The molecule has 0 bridgehead atoms. The number of hydrogen-bond donors (Lipinski definition) is 1. The molecule has 0 saturated heterocycles. The van der Waals surface area contributed by atoms with Crippen LogP contribution in [0, 0.1) is 0 Å². The number of rotatable bonds is 12. The predicted octanol–water partition coefficient (Wildman–Crippen LogP) is 10.4. The highest BCUT2D eigenvalue weighted by molar-refractivity contribution is 6.28. The van der Waals surface area contributed by atoms with Crippen LogP contribution in [0.5, 0.6) is 23.0 Å². The van der Waals surface area contributed by atoms with E-state index in [0.717, 1.165) is 27.8 Å². The summed E-state index contributed by atoms with van der Waals surface area (Å²) in [5.41, 5.74) is 3.66. The molecule has 0 spiro atoms. The number of carboxylic acids is 1. The molecule has 13 heteroatoms. The van der Waals surface area contributed by atoms with E-state index in [-0.39, 0.29) is 23.9 Å². The van der Waals surface area contributed by atoms with E-state index in [9.17, 15) is 31.1 Å². The van der Waals surface area contributed by atoms with Crippen LogP contribution in [0.4, 0.5) is 26.3 Å². The highest BCUT2D eigenvalue weighted by atomic mass is 35.5. The molecule has 0 aliphatic carbocycles. The molecule has 5 rings (SSSR count). The van der Waals surface area contributed by atoms with E-state index in [2.05, 4.69) is 9.47 Å². The summed E-state index contributed by atoms with van der Waals surface area (Å²) in [5.74, 6) is -1.28. The summed E-state index contributed by atoms with van der Waals surface area (Å²) in [7, 11) is 0. The van der Waals surface area contributed by atoms with Crippen LogP contribution in [0.1, 0.15) is 11.1 Å². The molecule has 0 amide bonds. The summed E-state index contributed by atoms with van der Waals surface area (Å²) in [5, 5.41) is 8.92. The molecular weight excluding hydrogens is 690 g/mol. The molecule has 5 aromatic carbocycles. The molecule has 1 atom stereocenters. The zero-order valence-electron chi connectivity index (χ0n) is 25.5. The highest BCUT2D eigenvalue weighted by Gasteiger charge is 2.31. The standard InChI is InChI=1S/C37H25ClF6O6/c38-34(35(45)46)48-30-19-17-29(18-20-30)47-22-21-33(27-5-1-23(2-6-27)25-9-13-31(14-10-25)49-36(39,40)41)28-7-3-24(4-8-28)26-11-15-32(16-12-26)50-37(42,43)44/h1-21,34H,22H2,(H,45,46). The molecule has 0 aromatic heterocycles. The van der Waals surface area contributed by atoms with Crippen LogP contribution >= 0.6 is 11.6 Å². The summed E-state index contributed by atoms with van der Waals surface area (Å²) in [6.07, 6.45) is -7.74. The van der Waals surface area contributed by atoms with Crippen LogP contribution in [0.15, 0.2) is 127 Å². The molecule has 0 radical (unpaired) electrons. The lowest BCUT2D eigenvalue weighted by molar-refractivity contribution is -0.275. The second-order valence-electron chi connectivity index (χ2n) is 10.5. The minimum atomic E-state index is -4.79. The SMILES string of the molecule is O=C(O)C(Cl)Oc1ccc(OCC=C(c2ccc(-c3ccc(OC(F)(F)F)cc3)cc2)c2ccc(-c3ccc(OC(F)(F)F)cc3)cc2)cc1. The summed E-state index contributed by atoms with van der Waals surface area (Å²) in [4.78, 5) is 10.9. The lowest BCUT2D eigenvalue weighted by Gasteiger charge is -2.13. The van der Waals surface area contributed by atoms with Crippen LogP contribution in [0.3, 0.4) is 0 Å². The van der Waals surface area contributed by atoms with Crippen molar-refractivity contribution in [3.05, 3.63) is 139 Å². The maximum atomic E-state index is 12.6. The van der Waals surface area contributed by atoms with E-state index < -0.39 is 24.3 Å². The molecule has 0 aliphatic rings. The maximum Gasteiger partial charge on any atom is 0.573 e. The van der Waals surface area contributed by atoms with Gasteiger partial charge in [0.05, 0.1) is 0 Å². The van der Waals surface area contributed by atoms with Crippen molar-refractivity contribution in [1.82, 2.24) is 0 Å². The first-order valence-electron chi connectivity index (χ1n) is 14.6. The quantitative estimate of drug-likeness (QED) is 0.102. The number of carbonyl (C=O) groups is 1. The molecule has 50 heavy (non-hydrogen) atoms. The van der Waals surface area contributed by atoms with Crippen molar-refractivity contribution in [3.8, 4) is 45.3 Å². The molecule has 1 unspecified atom stereocenters. The van der Waals surface area contributed by atoms with Crippen molar-refractivity contribution >= 4 is 23.1 Å². The average Bonchev–Trinajstić information content (AvgIpc) is 3.07. The molecule has 5 aromatic rings. The van der Waals surface area contributed by atoms with Crippen molar-refractivity contribution in [2.24, 2.45) is 0 Å². The van der Waals surface area contributed by atoms with E-state index >= 15 is 0 Å². The van der Waals surface area contributed by atoms with Gasteiger partial charge in [-0.15, -0.1) is 26.3 Å². The fourth-order valence-electron chi connectivity index (χ4n) is 4.79. The molecule has 258 valence electrons. The van der Waals surface area contributed by atoms with E-state index in [1.165, 1.54) is 60.7 Å². The Hall–Kier alpha value is -5.62. The first-order valence-corrected chi connectivity index (χ1v) is 15.1. The lowest BCUT2D eigenvalue weighted by atomic mass is 9.94. The van der Waals surface area contributed by atoms with E-state index in [1.807, 2.05) is 54.6 Å². The second kappa shape index (κ2) is 15.3. The van der Waals surface area contributed by atoms with Crippen LogP contribution in [-0.4, -0.2) is 36.0 Å². The van der Waals surface area contributed by atoms with Crippen LogP contribution < -0.4 is 18.9 Å². The van der Waals surface area contributed by atoms with Crippen molar-refractivity contribution in [2.75, 3.05) is 6.61 Å².